The Hall–Kier alpha value is -2.73. The van der Waals surface area contributed by atoms with Gasteiger partial charge in [0.15, 0.2) is 11.7 Å². The topological polar surface area (TPSA) is 61.2 Å². The molecule has 128 valence electrons. The molecule has 0 aliphatic carbocycles. The van der Waals surface area contributed by atoms with Crippen LogP contribution in [0.1, 0.15) is 37.7 Å². The first-order chi connectivity index (χ1) is 12.0. The highest BCUT2D eigenvalue weighted by Crippen LogP contribution is 2.22. The maximum atomic E-state index is 12.5. The predicted octanol–water partition coefficient (Wildman–Crippen LogP) is 3.90. The minimum Gasteiger partial charge on any atom is -0.454 e. The molecule has 0 aliphatic rings. The molecule has 0 saturated heterocycles. The fraction of sp³-hybridized carbons (Fsp3) is 0.211. The first-order valence-electron chi connectivity index (χ1n) is 7.83. The van der Waals surface area contributed by atoms with Crippen LogP contribution in [0, 0.1) is 20.8 Å². The normalized spacial score (nSPS) is 10.7. The lowest BCUT2D eigenvalue weighted by atomic mass is 10.1. The summed E-state index contributed by atoms with van der Waals surface area (Å²) in [6, 6.07) is 8.90. The van der Waals surface area contributed by atoms with Crippen LogP contribution in [0.2, 0.25) is 0 Å². The van der Waals surface area contributed by atoms with Crippen molar-refractivity contribution in [1.29, 1.82) is 0 Å². The molecule has 2 aromatic heterocycles. The smallest absolute Gasteiger partial charge is 0.338 e. The largest absolute Gasteiger partial charge is 0.454 e. The second kappa shape index (κ2) is 7.03. The van der Waals surface area contributed by atoms with Crippen LogP contribution in [0.4, 0.5) is 0 Å². The minimum absolute atomic E-state index is 0.225. The van der Waals surface area contributed by atoms with Crippen molar-refractivity contribution < 1.29 is 14.3 Å². The molecule has 0 aliphatic heterocycles. The summed E-state index contributed by atoms with van der Waals surface area (Å²) in [5, 5.41) is 2.70. The Labute approximate surface area is 149 Å². The highest BCUT2D eigenvalue weighted by atomic mass is 32.1. The Balaban J connectivity index is 1.74. The fourth-order valence-corrected chi connectivity index (χ4v) is 3.48. The van der Waals surface area contributed by atoms with E-state index in [0.29, 0.717) is 11.1 Å². The molecule has 0 unspecified atom stereocenters. The second-order valence-electron chi connectivity index (χ2n) is 5.80. The van der Waals surface area contributed by atoms with Gasteiger partial charge in [-0.15, -0.1) is 11.3 Å². The van der Waals surface area contributed by atoms with E-state index in [1.54, 1.807) is 30.5 Å². The van der Waals surface area contributed by atoms with Crippen LogP contribution in [0.15, 0.2) is 41.9 Å². The molecule has 0 bridgehead atoms. The van der Waals surface area contributed by atoms with E-state index in [9.17, 15) is 9.59 Å². The van der Waals surface area contributed by atoms with E-state index in [1.807, 2.05) is 36.8 Å². The minimum atomic E-state index is -0.495. The Morgan fingerprint density at radius 1 is 1.20 bits per heavy atom. The van der Waals surface area contributed by atoms with Crippen molar-refractivity contribution in [1.82, 2.24) is 9.55 Å². The molecule has 0 fully saturated rings. The van der Waals surface area contributed by atoms with E-state index < -0.39 is 5.97 Å². The van der Waals surface area contributed by atoms with Gasteiger partial charge in [-0.2, -0.15) is 0 Å². The number of ether oxygens (including phenoxy) is 1. The van der Waals surface area contributed by atoms with E-state index >= 15 is 0 Å². The first kappa shape index (κ1) is 17.1. The molecule has 0 saturated carbocycles. The molecule has 0 atom stereocenters. The second-order valence-corrected chi connectivity index (χ2v) is 6.68. The van der Waals surface area contributed by atoms with Crippen LogP contribution >= 0.6 is 11.3 Å². The summed E-state index contributed by atoms with van der Waals surface area (Å²) in [7, 11) is 0. The Morgan fingerprint density at radius 2 is 2.00 bits per heavy atom. The van der Waals surface area contributed by atoms with Gasteiger partial charge in [0, 0.05) is 28.5 Å². The zero-order chi connectivity index (χ0) is 18.0. The van der Waals surface area contributed by atoms with Gasteiger partial charge < -0.3 is 4.74 Å². The molecule has 2 heterocycles. The van der Waals surface area contributed by atoms with Crippen molar-refractivity contribution >= 4 is 23.1 Å². The number of esters is 1. The highest BCUT2D eigenvalue weighted by Gasteiger charge is 2.19. The fourth-order valence-electron chi connectivity index (χ4n) is 2.73. The van der Waals surface area contributed by atoms with Gasteiger partial charge in [0.05, 0.1) is 5.56 Å². The number of carbonyl (C=O) groups excluding carboxylic acids is 2. The lowest BCUT2D eigenvalue weighted by Crippen LogP contribution is -2.15. The van der Waals surface area contributed by atoms with Gasteiger partial charge in [-0.3, -0.25) is 9.36 Å². The van der Waals surface area contributed by atoms with E-state index in [0.717, 1.165) is 22.1 Å². The number of carbonyl (C=O) groups is 2. The number of hydrogen-bond acceptors (Lipinski definition) is 5. The standard InChI is InChI=1S/C19H18N2O3S/c1-12-5-4-6-15(9-12)18(23)24-11-17(22)16-10-13(2)21(14(16)3)19-20-7-8-25-19/h4-10H,11H2,1-3H3. The number of nitrogens with zero attached hydrogens (tertiary/aromatic N) is 2. The van der Waals surface area contributed by atoms with Gasteiger partial charge >= 0.3 is 5.97 Å². The zero-order valence-corrected chi connectivity index (χ0v) is 15.1. The van der Waals surface area contributed by atoms with E-state index in [4.69, 9.17) is 4.74 Å². The highest BCUT2D eigenvalue weighted by molar-refractivity contribution is 7.12. The van der Waals surface area contributed by atoms with Crippen LogP contribution in [0.3, 0.4) is 0 Å². The number of hydrogen-bond donors (Lipinski definition) is 0. The van der Waals surface area contributed by atoms with E-state index in [-0.39, 0.29) is 12.4 Å². The van der Waals surface area contributed by atoms with Crippen LogP contribution in [0.25, 0.3) is 5.13 Å². The molecule has 25 heavy (non-hydrogen) atoms. The SMILES string of the molecule is Cc1cccc(C(=O)OCC(=O)c2cc(C)n(-c3nccs3)c2C)c1. The maximum absolute atomic E-state index is 12.5. The van der Waals surface area contributed by atoms with Gasteiger partial charge in [-0.25, -0.2) is 9.78 Å². The van der Waals surface area contributed by atoms with Gasteiger partial charge in [0.25, 0.3) is 0 Å². The lowest BCUT2D eigenvalue weighted by Gasteiger charge is -2.06. The molecular formula is C19H18N2O3S. The first-order valence-corrected chi connectivity index (χ1v) is 8.71. The average molecular weight is 354 g/mol. The predicted molar refractivity (Wildman–Crippen MR) is 96.7 cm³/mol. The maximum Gasteiger partial charge on any atom is 0.338 e. The van der Waals surface area contributed by atoms with Crippen molar-refractivity contribution in [3.05, 3.63) is 70.0 Å². The molecular weight excluding hydrogens is 336 g/mol. The zero-order valence-electron chi connectivity index (χ0n) is 14.3. The van der Waals surface area contributed by atoms with Crippen molar-refractivity contribution in [2.24, 2.45) is 0 Å². The van der Waals surface area contributed by atoms with Crippen LogP contribution in [0.5, 0.6) is 0 Å². The molecule has 0 amide bonds. The summed E-state index contributed by atoms with van der Waals surface area (Å²) in [5.74, 6) is -0.720. The summed E-state index contributed by atoms with van der Waals surface area (Å²) in [5.41, 5.74) is 3.67. The molecule has 6 heteroatoms. The number of benzene rings is 1. The van der Waals surface area contributed by atoms with Crippen molar-refractivity contribution in [3.8, 4) is 5.13 Å². The van der Waals surface area contributed by atoms with Gasteiger partial charge in [0.2, 0.25) is 5.78 Å². The van der Waals surface area contributed by atoms with Gasteiger partial charge in [-0.05, 0) is 39.0 Å². The monoisotopic (exact) mass is 354 g/mol. The third-order valence-corrected chi connectivity index (χ3v) is 4.69. The van der Waals surface area contributed by atoms with E-state index in [2.05, 4.69) is 4.98 Å². The van der Waals surface area contributed by atoms with Crippen LogP contribution in [-0.2, 0) is 4.74 Å². The summed E-state index contributed by atoms with van der Waals surface area (Å²) in [6.07, 6.45) is 1.73. The molecule has 3 aromatic rings. The van der Waals surface area contributed by atoms with Crippen molar-refractivity contribution in [3.63, 3.8) is 0 Å². The average Bonchev–Trinajstić information content (AvgIpc) is 3.20. The van der Waals surface area contributed by atoms with Crippen LogP contribution in [-0.4, -0.2) is 27.9 Å². The number of rotatable bonds is 5. The number of thiazole rings is 1. The summed E-state index contributed by atoms with van der Waals surface area (Å²) in [6.45, 7) is 5.40. The molecule has 0 spiro atoms. The number of aromatic nitrogens is 2. The molecule has 1 aromatic carbocycles. The molecule has 0 radical (unpaired) electrons. The summed E-state index contributed by atoms with van der Waals surface area (Å²) in [4.78, 5) is 28.9. The molecule has 5 nitrogen and oxygen atoms in total. The van der Waals surface area contributed by atoms with Crippen LogP contribution < -0.4 is 0 Å². The van der Waals surface area contributed by atoms with Crippen molar-refractivity contribution in [2.45, 2.75) is 20.8 Å². The summed E-state index contributed by atoms with van der Waals surface area (Å²) < 4.78 is 7.11. The Morgan fingerprint density at radius 3 is 2.68 bits per heavy atom. The third kappa shape index (κ3) is 3.53. The van der Waals surface area contributed by atoms with Crippen molar-refractivity contribution in [2.75, 3.05) is 6.61 Å². The summed E-state index contributed by atoms with van der Waals surface area (Å²) >= 11 is 1.50. The number of Topliss-reactive ketones (excluding diaryl/α,β-unsaturated/α-hetero) is 1. The lowest BCUT2D eigenvalue weighted by molar-refractivity contribution is 0.0474. The number of ketones is 1. The van der Waals surface area contributed by atoms with Gasteiger partial charge in [0.1, 0.15) is 0 Å². The Bertz CT molecular complexity index is 926. The molecule has 0 N–H and O–H groups in total. The number of aryl methyl sites for hydroxylation is 2. The Kier molecular flexibility index (Phi) is 4.81. The molecule has 3 rings (SSSR count). The quantitative estimate of drug-likeness (QED) is 0.515. The van der Waals surface area contributed by atoms with Gasteiger partial charge in [-0.1, -0.05) is 17.7 Å². The third-order valence-electron chi connectivity index (χ3n) is 3.93. The van der Waals surface area contributed by atoms with E-state index in [1.165, 1.54) is 11.3 Å².